The van der Waals surface area contributed by atoms with Crippen molar-refractivity contribution in [3.8, 4) is 11.5 Å². The number of hydrogen-bond donors (Lipinski definition) is 2. The first-order valence-corrected chi connectivity index (χ1v) is 15.8. The molecule has 41 heavy (non-hydrogen) atoms. The number of amides is 2. The minimum atomic E-state index is -3.31. The highest BCUT2D eigenvalue weighted by molar-refractivity contribution is 7.92. The Morgan fingerprint density at radius 3 is 2.22 bits per heavy atom. The van der Waals surface area contributed by atoms with Gasteiger partial charge in [-0.1, -0.05) is 37.6 Å². The molecule has 1 heterocycles. The van der Waals surface area contributed by atoms with Crippen molar-refractivity contribution in [1.29, 1.82) is 0 Å². The summed E-state index contributed by atoms with van der Waals surface area (Å²) in [5.41, 5.74) is 3.80. The molecule has 8 nitrogen and oxygen atoms in total. The van der Waals surface area contributed by atoms with Crippen molar-refractivity contribution in [1.82, 2.24) is 10.2 Å². The zero-order chi connectivity index (χ0) is 28.5. The number of sulfonamides is 1. The largest absolute Gasteiger partial charge is 0.457 e. The number of unbranched alkanes of at least 4 members (excludes halogenated alkanes) is 1. The number of likely N-dealkylation sites (tertiary alicyclic amines) is 1. The number of rotatable bonds is 11. The molecule has 0 saturated carbocycles. The van der Waals surface area contributed by atoms with Crippen LogP contribution in [0.25, 0.3) is 0 Å². The van der Waals surface area contributed by atoms with E-state index in [0.717, 1.165) is 75.1 Å². The lowest BCUT2D eigenvalue weighted by Gasteiger charge is -2.34. The molecule has 0 atom stereocenters. The number of aryl methyl sites for hydroxylation is 1. The molecule has 1 saturated heterocycles. The van der Waals surface area contributed by atoms with Crippen molar-refractivity contribution in [2.45, 2.75) is 52.1 Å². The normalized spacial score (nSPS) is 14.1. The number of nitrogens with zero attached hydrogens (tertiary/aromatic N) is 2. The van der Waals surface area contributed by atoms with Gasteiger partial charge in [0.15, 0.2) is 0 Å². The summed E-state index contributed by atoms with van der Waals surface area (Å²) >= 11 is 0. The van der Waals surface area contributed by atoms with Crippen LogP contribution in [0.15, 0.2) is 72.8 Å². The Balaban J connectivity index is 0.00000462. The Bertz CT molecular complexity index is 1360. The average molecular weight is 601 g/mol. The molecule has 10 heteroatoms. The van der Waals surface area contributed by atoms with Crippen molar-refractivity contribution in [2.75, 3.05) is 35.5 Å². The van der Waals surface area contributed by atoms with E-state index in [4.69, 9.17) is 4.74 Å². The number of benzene rings is 3. The summed E-state index contributed by atoms with van der Waals surface area (Å²) < 4.78 is 31.1. The minimum absolute atomic E-state index is 0. The van der Waals surface area contributed by atoms with Crippen molar-refractivity contribution in [3.05, 3.63) is 83.9 Å². The van der Waals surface area contributed by atoms with Gasteiger partial charge in [-0.25, -0.2) is 13.2 Å². The molecule has 0 bridgehead atoms. The second-order valence-corrected chi connectivity index (χ2v) is 12.2. The third kappa shape index (κ3) is 10.3. The predicted molar refractivity (Wildman–Crippen MR) is 169 cm³/mol. The Morgan fingerprint density at radius 2 is 1.63 bits per heavy atom. The number of ether oxygens (including phenoxy) is 1. The average Bonchev–Trinajstić information content (AvgIpc) is 2.91. The lowest BCUT2D eigenvalue weighted by Crippen LogP contribution is -2.49. The molecule has 0 aliphatic carbocycles. The summed E-state index contributed by atoms with van der Waals surface area (Å²) in [5.74, 6) is 1.35. The molecule has 1 aliphatic heterocycles. The van der Waals surface area contributed by atoms with Gasteiger partial charge in [0, 0.05) is 43.6 Å². The number of nitrogens with one attached hydrogen (secondary N) is 2. The van der Waals surface area contributed by atoms with Gasteiger partial charge in [-0.15, -0.1) is 12.4 Å². The van der Waals surface area contributed by atoms with E-state index < -0.39 is 10.0 Å². The van der Waals surface area contributed by atoms with Gasteiger partial charge in [0.1, 0.15) is 11.5 Å². The molecule has 0 aromatic heterocycles. The van der Waals surface area contributed by atoms with E-state index in [9.17, 15) is 13.2 Å². The molecule has 222 valence electrons. The number of hydrogen-bond acceptors (Lipinski definition) is 5. The van der Waals surface area contributed by atoms with Crippen molar-refractivity contribution >= 4 is 39.8 Å². The smallest absolute Gasteiger partial charge is 0.322 e. The fourth-order valence-corrected chi connectivity index (χ4v) is 5.37. The Hall–Kier alpha value is -3.27. The molecule has 0 unspecified atom stereocenters. The fraction of sp³-hybridized carbons (Fsp3) is 0.387. The molecule has 2 N–H and O–H groups in total. The molecule has 1 aliphatic rings. The number of urea groups is 1. The van der Waals surface area contributed by atoms with Gasteiger partial charge in [0.25, 0.3) is 0 Å². The zero-order valence-electron chi connectivity index (χ0n) is 24.0. The summed E-state index contributed by atoms with van der Waals surface area (Å²) in [7, 11) is -3.31. The van der Waals surface area contributed by atoms with E-state index in [-0.39, 0.29) is 24.5 Å². The van der Waals surface area contributed by atoms with Gasteiger partial charge in [-0.2, -0.15) is 0 Å². The van der Waals surface area contributed by atoms with Gasteiger partial charge in [-0.3, -0.25) is 14.5 Å². The Morgan fingerprint density at radius 1 is 1.00 bits per heavy atom. The molecule has 0 radical (unpaired) electrons. The molecule has 4 rings (SSSR count). The third-order valence-corrected chi connectivity index (χ3v) is 7.54. The van der Waals surface area contributed by atoms with Crippen molar-refractivity contribution in [2.24, 2.45) is 0 Å². The van der Waals surface area contributed by atoms with Crippen LogP contribution in [0.5, 0.6) is 11.5 Å². The summed E-state index contributed by atoms with van der Waals surface area (Å²) in [5, 5.41) is 3.29. The lowest BCUT2D eigenvalue weighted by molar-refractivity contribution is 0.188. The molecule has 3 aromatic carbocycles. The first-order valence-electron chi connectivity index (χ1n) is 13.9. The van der Waals surface area contributed by atoms with Crippen molar-refractivity contribution < 1.29 is 17.9 Å². The quantitative estimate of drug-likeness (QED) is 0.260. The van der Waals surface area contributed by atoms with Crippen LogP contribution in [-0.2, 0) is 16.6 Å². The van der Waals surface area contributed by atoms with Gasteiger partial charge >= 0.3 is 6.03 Å². The minimum Gasteiger partial charge on any atom is -0.457 e. The van der Waals surface area contributed by atoms with E-state index in [1.54, 1.807) is 24.3 Å². The van der Waals surface area contributed by atoms with E-state index >= 15 is 0 Å². The monoisotopic (exact) mass is 600 g/mol. The first kappa shape index (κ1) is 32.2. The van der Waals surface area contributed by atoms with Crippen LogP contribution in [0.4, 0.5) is 16.2 Å². The Labute approximate surface area is 250 Å². The second-order valence-electron chi connectivity index (χ2n) is 10.5. The van der Waals surface area contributed by atoms with E-state index in [1.165, 1.54) is 5.56 Å². The summed E-state index contributed by atoms with van der Waals surface area (Å²) in [6, 6.07) is 23.1. The highest BCUT2D eigenvalue weighted by Crippen LogP contribution is 2.25. The number of anilines is 2. The highest BCUT2D eigenvalue weighted by Gasteiger charge is 2.24. The third-order valence-electron chi connectivity index (χ3n) is 6.93. The van der Waals surface area contributed by atoms with Crippen LogP contribution < -0.4 is 19.7 Å². The SMILES string of the molecule is CCCCN(C(=O)NC1CCN(Cc2ccc(Oc3ccc(NS(C)(=O)=O)cc3)cc2)CC1)c1cccc(C)c1.Cl. The van der Waals surface area contributed by atoms with E-state index in [2.05, 4.69) is 53.1 Å². The fourth-order valence-electron chi connectivity index (χ4n) is 4.81. The van der Waals surface area contributed by atoms with E-state index in [1.807, 2.05) is 29.2 Å². The predicted octanol–water partition coefficient (Wildman–Crippen LogP) is 6.56. The summed E-state index contributed by atoms with van der Waals surface area (Å²) in [6.45, 7) is 7.61. The van der Waals surface area contributed by atoms with Crippen LogP contribution in [-0.4, -0.2) is 51.3 Å². The maximum Gasteiger partial charge on any atom is 0.322 e. The van der Waals surface area contributed by atoms with Crippen LogP contribution in [0.1, 0.15) is 43.7 Å². The number of halogens is 1. The van der Waals surface area contributed by atoms with E-state index in [0.29, 0.717) is 11.4 Å². The van der Waals surface area contributed by atoms with Gasteiger partial charge in [-0.05, 0) is 85.8 Å². The van der Waals surface area contributed by atoms with Crippen LogP contribution in [0.3, 0.4) is 0 Å². The number of carbonyl (C=O) groups is 1. The number of piperidine rings is 1. The maximum absolute atomic E-state index is 13.2. The molecular weight excluding hydrogens is 560 g/mol. The first-order chi connectivity index (χ1) is 19.2. The molecular formula is C31H41ClN4O4S. The molecule has 2 amide bonds. The zero-order valence-corrected chi connectivity index (χ0v) is 25.6. The Kier molecular flexibility index (Phi) is 11.9. The molecule has 1 fully saturated rings. The maximum atomic E-state index is 13.2. The second kappa shape index (κ2) is 15.1. The highest BCUT2D eigenvalue weighted by atomic mass is 35.5. The van der Waals surface area contributed by atoms with Crippen molar-refractivity contribution in [3.63, 3.8) is 0 Å². The lowest BCUT2D eigenvalue weighted by atomic mass is 10.0. The van der Waals surface area contributed by atoms with Crippen LogP contribution in [0, 0.1) is 6.92 Å². The number of carbonyl (C=O) groups excluding carboxylic acids is 1. The van der Waals surface area contributed by atoms with Gasteiger partial charge in [0.05, 0.1) is 6.26 Å². The standard InChI is InChI=1S/C31H40N4O4S.ClH/c1-4-5-19-35(28-8-6-7-24(2)22-28)31(36)32-26-17-20-34(21-18-26)23-25-9-13-29(14-10-25)39-30-15-11-27(12-16-30)33-40(3,37)38;/h6-16,22,26,33H,4-5,17-21,23H2,1-3H3,(H,32,36);1H. The summed E-state index contributed by atoms with van der Waals surface area (Å²) in [6.07, 6.45) is 4.98. The van der Waals surface area contributed by atoms with Crippen LogP contribution >= 0.6 is 12.4 Å². The van der Waals surface area contributed by atoms with Crippen LogP contribution in [0.2, 0.25) is 0 Å². The topological polar surface area (TPSA) is 91.0 Å². The van der Waals surface area contributed by atoms with Gasteiger partial charge < -0.3 is 10.1 Å². The molecule has 0 spiro atoms. The molecule has 3 aromatic rings. The summed E-state index contributed by atoms with van der Waals surface area (Å²) in [4.78, 5) is 17.5. The van der Waals surface area contributed by atoms with Gasteiger partial charge in [0.2, 0.25) is 10.0 Å².